The highest BCUT2D eigenvalue weighted by molar-refractivity contribution is 5.77. The SMILES string of the molecule is CCn1c(=O)c2ccccc2n(Cc2nc(-c3ccc(OC(C)C)cc3)no2)c1=O. The molecule has 0 aliphatic carbocycles. The number of para-hydroxylation sites is 1. The fourth-order valence-electron chi connectivity index (χ4n) is 3.33. The molecule has 30 heavy (non-hydrogen) atoms. The van der Waals surface area contributed by atoms with Crippen LogP contribution in [0.4, 0.5) is 0 Å². The number of hydrogen-bond acceptors (Lipinski definition) is 6. The molecule has 0 bridgehead atoms. The molecule has 8 heteroatoms. The second-order valence-electron chi connectivity index (χ2n) is 7.14. The van der Waals surface area contributed by atoms with E-state index in [4.69, 9.17) is 9.26 Å². The summed E-state index contributed by atoms with van der Waals surface area (Å²) in [5.74, 6) is 1.46. The van der Waals surface area contributed by atoms with Gasteiger partial charge in [0.15, 0.2) is 0 Å². The van der Waals surface area contributed by atoms with Gasteiger partial charge in [-0.1, -0.05) is 17.3 Å². The lowest BCUT2D eigenvalue weighted by atomic mass is 10.2. The molecule has 0 saturated carbocycles. The van der Waals surface area contributed by atoms with Crippen LogP contribution in [-0.2, 0) is 13.1 Å². The minimum Gasteiger partial charge on any atom is -0.491 e. The van der Waals surface area contributed by atoms with Crippen LogP contribution in [0.25, 0.3) is 22.3 Å². The van der Waals surface area contributed by atoms with Crippen molar-refractivity contribution >= 4 is 10.9 Å². The zero-order valence-corrected chi connectivity index (χ0v) is 17.0. The van der Waals surface area contributed by atoms with Crippen molar-refractivity contribution < 1.29 is 9.26 Å². The Morgan fingerprint density at radius 1 is 1.03 bits per heavy atom. The van der Waals surface area contributed by atoms with Crippen LogP contribution in [0, 0.1) is 0 Å². The zero-order chi connectivity index (χ0) is 21.3. The largest absolute Gasteiger partial charge is 0.491 e. The van der Waals surface area contributed by atoms with Crippen molar-refractivity contribution in [1.82, 2.24) is 19.3 Å². The van der Waals surface area contributed by atoms with Gasteiger partial charge in [-0.3, -0.25) is 13.9 Å². The van der Waals surface area contributed by atoms with Crippen LogP contribution in [0.15, 0.2) is 62.6 Å². The summed E-state index contributed by atoms with van der Waals surface area (Å²) >= 11 is 0. The summed E-state index contributed by atoms with van der Waals surface area (Å²) in [4.78, 5) is 29.8. The number of benzene rings is 2. The highest BCUT2D eigenvalue weighted by Gasteiger charge is 2.15. The maximum Gasteiger partial charge on any atom is 0.331 e. The van der Waals surface area contributed by atoms with Crippen LogP contribution >= 0.6 is 0 Å². The van der Waals surface area contributed by atoms with Crippen LogP contribution in [-0.4, -0.2) is 25.4 Å². The Kier molecular flexibility index (Phi) is 5.22. The fourth-order valence-corrected chi connectivity index (χ4v) is 3.33. The van der Waals surface area contributed by atoms with Crippen LogP contribution in [0.5, 0.6) is 5.75 Å². The first-order valence-electron chi connectivity index (χ1n) is 9.80. The van der Waals surface area contributed by atoms with E-state index in [-0.39, 0.29) is 30.6 Å². The van der Waals surface area contributed by atoms with E-state index >= 15 is 0 Å². The quantitative estimate of drug-likeness (QED) is 0.489. The maximum atomic E-state index is 12.9. The third kappa shape index (κ3) is 3.63. The molecule has 2 aromatic heterocycles. The molecule has 0 unspecified atom stereocenters. The van der Waals surface area contributed by atoms with Crippen molar-refractivity contribution in [3.8, 4) is 17.1 Å². The standard InChI is InChI=1S/C22H22N4O4/c1-4-25-21(27)17-7-5-6-8-18(17)26(22(25)28)13-19-23-20(24-30-19)15-9-11-16(12-10-15)29-14(2)3/h5-12,14H,4,13H2,1-3H3. The van der Waals surface area contributed by atoms with Crippen molar-refractivity contribution in [3.05, 3.63) is 75.3 Å². The molecule has 0 amide bonds. The highest BCUT2D eigenvalue weighted by atomic mass is 16.5. The number of fused-ring (bicyclic) bond motifs is 1. The monoisotopic (exact) mass is 406 g/mol. The molecule has 0 spiro atoms. The van der Waals surface area contributed by atoms with Gasteiger partial charge in [-0.15, -0.1) is 0 Å². The minimum atomic E-state index is -0.406. The molecule has 2 aromatic carbocycles. The second-order valence-corrected chi connectivity index (χ2v) is 7.14. The number of nitrogens with zero attached hydrogens (tertiary/aromatic N) is 4. The highest BCUT2D eigenvalue weighted by Crippen LogP contribution is 2.21. The van der Waals surface area contributed by atoms with Gasteiger partial charge in [-0.2, -0.15) is 4.98 Å². The molecule has 0 atom stereocenters. The van der Waals surface area contributed by atoms with Crippen molar-refractivity contribution in [2.24, 2.45) is 0 Å². The fraction of sp³-hybridized carbons (Fsp3) is 0.273. The van der Waals surface area contributed by atoms with Gasteiger partial charge in [-0.05, 0) is 57.2 Å². The lowest BCUT2D eigenvalue weighted by molar-refractivity contribution is 0.242. The average molecular weight is 406 g/mol. The lowest BCUT2D eigenvalue weighted by Crippen LogP contribution is -2.39. The molecule has 2 heterocycles. The Labute approximate surface area is 172 Å². The zero-order valence-electron chi connectivity index (χ0n) is 17.0. The van der Waals surface area contributed by atoms with Crippen LogP contribution in [0.3, 0.4) is 0 Å². The predicted molar refractivity (Wildman–Crippen MR) is 113 cm³/mol. The first-order valence-corrected chi connectivity index (χ1v) is 9.80. The number of rotatable bonds is 6. The Balaban J connectivity index is 1.69. The van der Waals surface area contributed by atoms with Crippen molar-refractivity contribution in [2.75, 3.05) is 0 Å². The summed E-state index contributed by atoms with van der Waals surface area (Å²) in [5.41, 5.74) is 0.601. The molecule has 8 nitrogen and oxygen atoms in total. The van der Waals surface area contributed by atoms with E-state index < -0.39 is 5.69 Å². The third-order valence-corrected chi connectivity index (χ3v) is 4.69. The van der Waals surface area contributed by atoms with Crippen molar-refractivity contribution in [2.45, 2.75) is 40.0 Å². The minimum absolute atomic E-state index is 0.0706. The number of aromatic nitrogens is 4. The topological polar surface area (TPSA) is 92.2 Å². The number of ether oxygens (including phenoxy) is 1. The molecule has 0 N–H and O–H groups in total. The normalized spacial score (nSPS) is 11.3. The van der Waals surface area contributed by atoms with Gasteiger partial charge in [0.1, 0.15) is 12.3 Å². The van der Waals surface area contributed by atoms with Crippen LogP contribution < -0.4 is 16.0 Å². The molecule has 4 aromatic rings. The molecule has 0 aliphatic rings. The smallest absolute Gasteiger partial charge is 0.331 e. The van der Waals surface area contributed by atoms with Crippen molar-refractivity contribution in [3.63, 3.8) is 0 Å². The van der Waals surface area contributed by atoms with Crippen molar-refractivity contribution in [1.29, 1.82) is 0 Å². The van der Waals surface area contributed by atoms with Gasteiger partial charge in [0.05, 0.1) is 17.0 Å². The third-order valence-electron chi connectivity index (χ3n) is 4.69. The Morgan fingerprint density at radius 3 is 2.47 bits per heavy atom. The lowest BCUT2D eigenvalue weighted by Gasteiger charge is -2.11. The second kappa shape index (κ2) is 7.98. The van der Waals surface area contributed by atoms with Gasteiger partial charge in [-0.25, -0.2) is 4.79 Å². The van der Waals surface area contributed by atoms with Gasteiger partial charge < -0.3 is 9.26 Å². The van der Waals surface area contributed by atoms with E-state index in [1.165, 1.54) is 9.13 Å². The summed E-state index contributed by atoms with van der Waals surface area (Å²) in [6.45, 7) is 6.04. The summed E-state index contributed by atoms with van der Waals surface area (Å²) in [5, 5.41) is 4.50. The van der Waals surface area contributed by atoms with Crippen LogP contribution in [0.2, 0.25) is 0 Å². The Morgan fingerprint density at radius 2 is 1.77 bits per heavy atom. The molecule has 154 valence electrons. The van der Waals surface area contributed by atoms with Crippen LogP contribution in [0.1, 0.15) is 26.7 Å². The van der Waals surface area contributed by atoms with E-state index in [1.807, 2.05) is 38.1 Å². The predicted octanol–water partition coefficient (Wildman–Crippen LogP) is 3.07. The summed E-state index contributed by atoms with van der Waals surface area (Å²) < 4.78 is 13.7. The molecule has 0 aliphatic heterocycles. The summed E-state index contributed by atoms with van der Waals surface area (Å²) in [6.07, 6.45) is 0.0900. The molecular formula is C22H22N4O4. The van der Waals surface area contributed by atoms with E-state index in [0.717, 1.165) is 11.3 Å². The van der Waals surface area contributed by atoms with Gasteiger partial charge in [0.2, 0.25) is 11.7 Å². The summed E-state index contributed by atoms with van der Waals surface area (Å²) in [7, 11) is 0. The van der Waals surface area contributed by atoms with E-state index in [2.05, 4.69) is 10.1 Å². The molecule has 0 radical (unpaired) electrons. The van der Waals surface area contributed by atoms with Gasteiger partial charge in [0, 0.05) is 12.1 Å². The molecular weight excluding hydrogens is 384 g/mol. The maximum absolute atomic E-state index is 12.9. The molecule has 0 saturated heterocycles. The van der Waals surface area contributed by atoms with Gasteiger partial charge >= 0.3 is 5.69 Å². The number of hydrogen-bond donors (Lipinski definition) is 0. The van der Waals surface area contributed by atoms with E-state index in [0.29, 0.717) is 16.7 Å². The first kappa shape index (κ1) is 19.6. The first-order chi connectivity index (χ1) is 14.5. The van der Waals surface area contributed by atoms with E-state index in [1.54, 1.807) is 31.2 Å². The van der Waals surface area contributed by atoms with Gasteiger partial charge in [0.25, 0.3) is 5.56 Å². The van der Waals surface area contributed by atoms with E-state index in [9.17, 15) is 9.59 Å². The summed E-state index contributed by atoms with van der Waals surface area (Å²) in [6, 6.07) is 14.4. The molecule has 4 rings (SSSR count). The average Bonchev–Trinajstić information content (AvgIpc) is 3.20. The Bertz CT molecular complexity index is 1300. The Hall–Kier alpha value is -3.68. The molecule has 0 fully saturated rings.